The molecule has 2 aliphatic rings. The number of benzene rings is 2. The van der Waals surface area contributed by atoms with Crippen molar-refractivity contribution < 1.29 is 19.5 Å². The molecule has 2 aliphatic carbocycles. The minimum atomic E-state index is -0.766. The molecule has 2 aromatic rings. The molecule has 0 aliphatic heterocycles. The molecule has 0 bridgehead atoms. The zero-order chi connectivity index (χ0) is 28.5. The van der Waals surface area contributed by atoms with Crippen LogP contribution in [0.1, 0.15) is 87.8 Å². The van der Waals surface area contributed by atoms with Crippen molar-refractivity contribution in [1.29, 1.82) is 0 Å². The second-order valence-corrected chi connectivity index (χ2v) is 11.1. The van der Waals surface area contributed by atoms with Crippen LogP contribution in [-0.2, 0) is 20.9 Å². The number of nitrogens with zero attached hydrogens (tertiary/aromatic N) is 2. The van der Waals surface area contributed by atoms with Crippen molar-refractivity contribution >= 4 is 23.5 Å². The predicted molar refractivity (Wildman–Crippen MR) is 157 cm³/mol. The van der Waals surface area contributed by atoms with Crippen LogP contribution in [0.2, 0.25) is 0 Å². The minimum absolute atomic E-state index is 0.0262. The summed E-state index contributed by atoms with van der Waals surface area (Å²) in [5.41, 5.74) is 3.02. The van der Waals surface area contributed by atoms with E-state index in [-0.39, 0.29) is 17.7 Å². The lowest BCUT2D eigenvalue weighted by atomic mass is 9.83. The van der Waals surface area contributed by atoms with E-state index in [2.05, 4.69) is 10.4 Å². The molecule has 7 nitrogen and oxygen atoms in total. The number of carbonyl (C=O) groups is 3. The first-order valence-electron chi connectivity index (χ1n) is 14.5. The quantitative estimate of drug-likeness (QED) is 0.139. The third-order valence-electron chi connectivity index (χ3n) is 8.14. The van der Waals surface area contributed by atoms with Gasteiger partial charge in [-0.25, -0.2) is 5.01 Å². The summed E-state index contributed by atoms with van der Waals surface area (Å²) in [5.74, 6) is -0.704. The Morgan fingerprint density at radius 1 is 1.07 bits per heavy atom. The molecule has 4 rings (SSSR count). The molecule has 0 spiro atoms. The smallest absolute Gasteiger partial charge is 0.313 e. The molecular weight excluding hydrogens is 502 g/mol. The third kappa shape index (κ3) is 7.46. The van der Waals surface area contributed by atoms with Crippen molar-refractivity contribution in [2.45, 2.75) is 77.7 Å². The van der Waals surface area contributed by atoms with Crippen molar-refractivity contribution in [1.82, 2.24) is 10.3 Å². The summed E-state index contributed by atoms with van der Waals surface area (Å²) in [6.07, 6.45) is 10.4. The summed E-state index contributed by atoms with van der Waals surface area (Å²) in [4.78, 5) is 37.4. The zero-order valence-corrected chi connectivity index (χ0v) is 23.6. The lowest BCUT2D eigenvalue weighted by Gasteiger charge is -2.24. The largest absolute Gasteiger partial charge is 0.481 e. The van der Waals surface area contributed by atoms with Gasteiger partial charge in [0.25, 0.3) is 0 Å². The van der Waals surface area contributed by atoms with Crippen LogP contribution < -0.4 is 5.32 Å². The van der Waals surface area contributed by atoms with Crippen LogP contribution in [0.25, 0.3) is 0 Å². The molecular formula is C33H41N3O4. The summed E-state index contributed by atoms with van der Waals surface area (Å²) >= 11 is 0. The van der Waals surface area contributed by atoms with Gasteiger partial charge in [-0.1, -0.05) is 86.5 Å². The molecule has 2 amide bonds. The predicted octanol–water partition coefficient (Wildman–Crippen LogP) is 6.05. The fourth-order valence-electron chi connectivity index (χ4n) is 5.50. The Morgan fingerprint density at radius 3 is 2.35 bits per heavy atom. The summed E-state index contributed by atoms with van der Waals surface area (Å²) in [6.45, 7) is 4.59. The molecule has 2 aromatic carbocycles. The van der Waals surface area contributed by atoms with Crippen molar-refractivity contribution in [3.05, 3.63) is 83.4 Å². The Labute approximate surface area is 237 Å². The molecule has 0 saturated heterocycles. The number of rotatable bonds is 13. The van der Waals surface area contributed by atoms with Crippen LogP contribution in [0.4, 0.5) is 0 Å². The van der Waals surface area contributed by atoms with Crippen LogP contribution in [0.5, 0.6) is 0 Å². The van der Waals surface area contributed by atoms with E-state index in [0.29, 0.717) is 44.7 Å². The highest BCUT2D eigenvalue weighted by molar-refractivity contribution is 5.99. The summed E-state index contributed by atoms with van der Waals surface area (Å²) in [5, 5.41) is 18.6. The van der Waals surface area contributed by atoms with E-state index in [1.807, 2.05) is 74.5 Å². The third-order valence-corrected chi connectivity index (χ3v) is 8.14. The van der Waals surface area contributed by atoms with Crippen molar-refractivity contribution in [3.63, 3.8) is 0 Å². The van der Waals surface area contributed by atoms with Crippen molar-refractivity contribution in [2.75, 3.05) is 6.54 Å². The highest BCUT2D eigenvalue weighted by atomic mass is 16.4. The average Bonchev–Trinajstić information content (AvgIpc) is 3.58. The lowest BCUT2D eigenvalue weighted by molar-refractivity contribution is -0.141. The fraction of sp³-hybridized carbons (Fsp3) is 0.455. The van der Waals surface area contributed by atoms with E-state index in [1.54, 1.807) is 6.08 Å². The van der Waals surface area contributed by atoms with E-state index >= 15 is 0 Å². The monoisotopic (exact) mass is 543 g/mol. The van der Waals surface area contributed by atoms with Gasteiger partial charge in [-0.2, -0.15) is 5.10 Å². The van der Waals surface area contributed by atoms with Gasteiger partial charge in [0.2, 0.25) is 11.8 Å². The normalized spacial score (nSPS) is 17.5. The van der Waals surface area contributed by atoms with E-state index in [4.69, 9.17) is 0 Å². The number of carbonyl (C=O) groups excluding carboxylic acids is 2. The Bertz CT molecular complexity index is 1230. The fourth-order valence-corrected chi connectivity index (χ4v) is 5.50. The number of amides is 2. The number of carboxylic acids is 1. The Morgan fingerprint density at radius 2 is 1.75 bits per heavy atom. The first-order chi connectivity index (χ1) is 19.3. The zero-order valence-electron chi connectivity index (χ0n) is 23.6. The van der Waals surface area contributed by atoms with Gasteiger partial charge < -0.3 is 10.4 Å². The first kappa shape index (κ1) is 29.2. The van der Waals surface area contributed by atoms with Crippen molar-refractivity contribution in [3.8, 4) is 0 Å². The number of hydrogen-bond acceptors (Lipinski definition) is 4. The van der Waals surface area contributed by atoms with Gasteiger partial charge in [0, 0.05) is 13.0 Å². The van der Waals surface area contributed by atoms with Gasteiger partial charge >= 0.3 is 5.97 Å². The molecule has 1 atom stereocenters. The minimum Gasteiger partial charge on any atom is -0.481 e. The lowest BCUT2D eigenvalue weighted by Crippen LogP contribution is -2.33. The SMILES string of the molecule is CCC(=O)N(Cc1ccc(C(C(=O)NCC/C=C/C2(C(=O)O)CC2)C2CCCC2)cc1)/N=C(\C)c1ccccc1. The van der Waals surface area contributed by atoms with E-state index < -0.39 is 11.4 Å². The number of nitrogens with one attached hydrogen (secondary N) is 1. The van der Waals surface area contributed by atoms with E-state index in [9.17, 15) is 19.5 Å². The number of hydrogen-bond donors (Lipinski definition) is 2. The first-order valence-corrected chi connectivity index (χ1v) is 14.5. The second-order valence-electron chi connectivity index (χ2n) is 11.1. The van der Waals surface area contributed by atoms with Crippen LogP contribution >= 0.6 is 0 Å². The molecule has 7 heteroatoms. The molecule has 2 fully saturated rings. The summed E-state index contributed by atoms with van der Waals surface area (Å²) in [7, 11) is 0. The Balaban J connectivity index is 1.42. The Kier molecular flexibility index (Phi) is 9.91. The maximum atomic E-state index is 13.4. The molecule has 40 heavy (non-hydrogen) atoms. The topological polar surface area (TPSA) is 99.1 Å². The van der Waals surface area contributed by atoms with Crippen LogP contribution in [0.3, 0.4) is 0 Å². The van der Waals surface area contributed by atoms with Gasteiger partial charge in [0.1, 0.15) is 0 Å². The molecule has 212 valence electrons. The van der Waals surface area contributed by atoms with Crippen LogP contribution in [0.15, 0.2) is 71.9 Å². The number of aliphatic carboxylic acids is 1. The summed E-state index contributed by atoms with van der Waals surface area (Å²) in [6, 6.07) is 17.8. The number of carboxylic acid groups (broad SMARTS) is 1. The van der Waals surface area contributed by atoms with Gasteiger partial charge in [-0.05, 0) is 61.6 Å². The van der Waals surface area contributed by atoms with Crippen molar-refractivity contribution in [2.24, 2.45) is 16.4 Å². The second kappa shape index (κ2) is 13.6. The number of hydrazone groups is 1. The molecule has 0 radical (unpaired) electrons. The highest BCUT2D eigenvalue weighted by Crippen LogP contribution is 2.47. The average molecular weight is 544 g/mol. The standard InChI is InChI=1S/C33H41N3O4/c1-3-29(37)36(35-24(2)26-11-5-4-6-12-26)23-25-15-17-28(18-16-25)30(27-13-7-8-14-27)31(38)34-22-10-9-19-33(20-21-33)32(39)40/h4-6,9,11-12,15-19,27,30H,3,7-8,10,13-14,20-23H2,1-2H3,(H,34,38)(H,39,40)/b19-9+,35-24+. The Hall–Kier alpha value is -3.74. The van der Waals surface area contributed by atoms with Crippen LogP contribution in [-0.4, -0.2) is 40.2 Å². The van der Waals surface area contributed by atoms with Gasteiger partial charge in [0.15, 0.2) is 0 Å². The van der Waals surface area contributed by atoms with E-state index in [1.165, 1.54) is 5.01 Å². The molecule has 0 aromatic heterocycles. The maximum Gasteiger partial charge on any atom is 0.313 e. The van der Waals surface area contributed by atoms with Gasteiger partial charge in [-0.3, -0.25) is 14.4 Å². The highest BCUT2D eigenvalue weighted by Gasteiger charge is 2.47. The molecule has 0 heterocycles. The molecule has 1 unspecified atom stereocenters. The van der Waals surface area contributed by atoms with Gasteiger partial charge in [-0.15, -0.1) is 0 Å². The molecule has 2 saturated carbocycles. The van der Waals surface area contributed by atoms with Gasteiger partial charge in [0.05, 0.1) is 23.6 Å². The maximum absolute atomic E-state index is 13.4. The summed E-state index contributed by atoms with van der Waals surface area (Å²) < 4.78 is 0. The van der Waals surface area contributed by atoms with Crippen LogP contribution in [0, 0.1) is 11.3 Å². The molecule has 2 N–H and O–H groups in total. The van der Waals surface area contributed by atoms with E-state index in [0.717, 1.165) is 48.1 Å².